The van der Waals surface area contributed by atoms with Gasteiger partial charge in [0, 0.05) is 25.2 Å². The van der Waals surface area contributed by atoms with Crippen LogP contribution in [-0.4, -0.2) is 37.7 Å². The molecule has 1 aromatic rings. The summed E-state index contributed by atoms with van der Waals surface area (Å²) in [5, 5.41) is 0. The van der Waals surface area contributed by atoms with Gasteiger partial charge in [0.05, 0.1) is 14.2 Å². The Morgan fingerprint density at radius 2 is 1.62 bits per heavy atom. The lowest BCUT2D eigenvalue weighted by atomic mass is 9.88. The smallest absolute Gasteiger partial charge is 0.161 e. The average Bonchev–Trinajstić information content (AvgIpc) is 2.53. The number of benzene rings is 1. The quantitative estimate of drug-likeness (QED) is 0.928. The Bertz CT molecular complexity index is 496. The molecule has 116 valence electrons. The Kier molecular flexibility index (Phi) is 4.36. The fourth-order valence-corrected chi connectivity index (χ4v) is 3.68. The van der Waals surface area contributed by atoms with Crippen LogP contribution in [0.3, 0.4) is 0 Å². The summed E-state index contributed by atoms with van der Waals surface area (Å²) in [4.78, 5) is 2.63. The van der Waals surface area contributed by atoms with Crippen LogP contribution in [0, 0.1) is 0 Å². The highest BCUT2D eigenvalue weighted by Crippen LogP contribution is 2.35. The fraction of sp³-hybridized carbons (Fsp3) is 0.647. The number of fused-ring (bicyclic) bond motifs is 1. The predicted molar refractivity (Wildman–Crippen MR) is 83.9 cm³/mol. The first kappa shape index (κ1) is 14.7. The maximum atomic E-state index is 6.02. The summed E-state index contributed by atoms with van der Waals surface area (Å²) >= 11 is 0. The van der Waals surface area contributed by atoms with Gasteiger partial charge in [-0.2, -0.15) is 0 Å². The van der Waals surface area contributed by atoms with Gasteiger partial charge in [0.15, 0.2) is 11.5 Å². The van der Waals surface area contributed by atoms with Crippen LogP contribution in [-0.2, 0) is 13.0 Å². The van der Waals surface area contributed by atoms with E-state index in [1.807, 2.05) is 0 Å². The highest BCUT2D eigenvalue weighted by atomic mass is 16.5. The number of hydrogen-bond acceptors (Lipinski definition) is 4. The van der Waals surface area contributed by atoms with Crippen molar-refractivity contribution in [3.05, 3.63) is 23.3 Å². The van der Waals surface area contributed by atoms with Crippen LogP contribution in [0.25, 0.3) is 0 Å². The number of methoxy groups -OCH3 is 2. The molecule has 1 fully saturated rings. The second kappa shape index (κ2) is 6.24. The third-order valence-corrected chi connectivity index (χ3v) is 5.01. The van der Waals surface area contributed by atoms with E-state index in [1.54, 1.807) is 14.2 Å². The SMILES string of the molecule is COc1cc2c(cc1OC)CN(C1CCC(N)CC1)CC2. The molecule has 0 radical (unpaired) electrons. The molecule has 0 saturated heterocycles. The first-order valence-corrected chi connectivity index (χ1v) is 7.94. The van der Waals surface area contributed by atoms with E-state index >= 15 is 0 Å². The first-order chi connectivity index (χ1) is 10.2. The summed E-state index contributed by atoms with van der Waals surface area (Å²) in [5.41, 5.74) is 8.81. The van der Waals surface area contributed by atoms with Crippen LogP contribution in [0.1, 0.15) is 36.8 Å². The molecule has 0 atom stereocenters. The van der Waals surface area contributed by atoms with Gasteiger partial charge >= 0.3 is 0 Å². The zero-order valence-electron chi connectivity index (χ0n) is 13.1. The van der Waals surface area contributed by atoms with Crippen molar-refractivity contribution in [2.45, 2.75) is 50.7 Å². The van der Waals surface area contributed by atoms with Gasteiger partial charge in [0.25, 0.3) is 0 Å². The summed E-state index contributed by atoms with van der Waals surface area (Å²) < 4.78 is 10.8. The van der Waals surface area contributed by atoms with Gasteiger partial charge in [-0.15, -0.1) is 0 Å². The van der Waals surface area contributed by atoms with Crippen molar-refractivity contribution >= 4 is 0 Å². The fourth-order valence-electron chi connectivity index (χ4n) is 3.68. The van der Waals surface area contributed by atoms with E-state index < -0.39 is 0 Å². The molecular formula is C17H26N2O2. The molecule has 0 aromatic heterocycles. The van der Waals surface area contributed by atoms with E-state index in [0.29, 0.717) is 12.1 Å². The zero-order chi connectivity index (χ0) is 14.8. The number of ether oxygens (including phenoxy) is 2. The Hall–Kier alpha value is -1.26. The summed E-state index contributed by atoms with van der Waals surface area (Å²) in [5.74, 6) is 1.68. The van der Waals surface area contributed by atoms with E-state index in [0.717, 1.165) is 31.0 Å². The Balaban J connectivity index is 1.75. The molecule has 21 heavy (non-hydrogen) atoms. The third-order valence-electron chi connectivity index (χ3n) is 5.01. The number of nitrogens with two attached hydrogens (primary N) is 1. The molecule has 3 rings (SSSR count). The molecule has 1 aliphatic heterocycles. The van der Waals surface area contributed by atoms with Crippen molar-refractivity contribution in [2.75, 3.05) is 20.8 Å². The summed E-state index contributed by atoms with van der Waals surface area (Å²) in [6.07, 6.45) is 5.91. The minimum absolute atomic E-state index is 0.419. The van der Waals surface area contributed by atoms with E-state index in [1.165, 1.54) is 36.8 Å². The predicted octanol–water partition coefficient (Wildman–Crippen LogP) is 2.33. The highest BCUT2D eigenvalue weighted by molar-refractivity contribution is 5.48. The Labute approximate surface area is 127 Å². The minimum atomic E-state index is 0.419. The molecule has 0 unspecified atom stereocenters. The molecule has 0 amide bonds. The van der Waals surface area contributed by atoms with Crippen LogP contribution in [0.5, 0.6) is 11.5 Å². The van der Waals surface area contributed by atoms with Crippen molar-refractivity contribution in [1.29, 1.82) is 0 Å². The number of hydrogen-bond donors (Lipinski definition) is 1. The summed E-state index contributed by atoms with van der Waals surface area (Å²) in [6.45, 7) is 2.16. The first-order valence-electron chi connectivity index (χ1n) is 7.94. The maximum Gasteiger partial charge on any atom is 0.161 e. The van der Waals surface area contributed by atoms with Crippen LogP contribution >= 0.6 is 0 Å². The molecule has 1 aromatic carbocycles. The maximum absolute atomic E-state index is 6.02. The lowest BCUT2D eigenvalue weighted by Gasteiger charge is -2.39. The second-order valence-corrected chi connectivity index (χ2v) is 6.26. The van der Waals surface area contributed by atoms with Gasteiger partial charge in [0.1, 0.15) is 0 Å². The number of rotatable bonds is 3. The lowest BCUT2D eigenvalue weighted by molar-refractivity contribution is 0.135. The standard InChI is InChI=1S/C17H26N2O2/c1-20-16-9-12-7-8-19(11-13(12)10-17(16)21-2)15-5-3-14(18)4-6-15/h9-10,14-15H,3-8,11,18H2,1-2H3. The molecule has 4 nitrogen and oxygen atoms in total. The van der Waals surface area contributed by atoms with Crippen LogP contribution < -0.4 is 15.2 Å². The van der Waals surface area contributed by atoms with Gasteiger partial charge in [-0.05, 0) is 55.4 Å². The monoisotopic (exact) mass is 290 g/mol. The third kappa shape index (κ3) is 3.01. The van der Waals surface area contributed by atoms with Gasteiger partial charge in [-0.25, -0.2) is 0 Å². The minimum Gasteiger partial charge on any atom is -0.493 e. The molecular weight excluding hydrogens is 264 g/mol. The van der Waals surface area contributed by atoms with Gasteiger partial charge < -0.3 is 15.2 Å². The molecule has 2 N–H and O–H groups in total. The van der Waals surface area contributed by atoms with Crippen molar-refractivity contribution in [3.8, 4) is 11.5 Å². The highest BCUT2D eigenvalue weighted by Gasteiger charge is 2.27. The Morgan fingerprint density at radius 1 is 1.00 bits per heavy atom. The summed E-state index contributed by atoms with van der Waals surface area (Å²) in [6, 6.07) is 5.41. The topological polar surface area (TPSA) is 47.7 Å². The van der Waals surface area contributed by atoms with E-state index in [9.17, 15) is 0 Å². The van der Waals surface area contributed by atoms with E-state index in [-0.39, 0.29) is 0 Å². The van der Waals surface area contributed by atoms with Crippen molar-refractivity contribution in [2.24, 2.45) is 5.73 Å². The molecule has 1 aliphatic carbocycles. The van der Waals surface area contributed by atoms with E-state index in [2.05, 4.69) is 17.0 Å². The number of nitrogens with zero attached hydrogens (tertiary/aromatic N) is 1. The summed E-state index contributed by atoms with van der Waals surface area (Å²) in [7, 11) is 3.40. The molecule has 0 bridgehead atoms. The molecule has 0 spiro atoms. The molecule has 4 heteroatoms. The van der Waals surface area contributed by atoms with Crippen molar-refractivity contribution in [1.82, 2.24) is 4.90 Å². The van der Waals surface area contributed by atoms with Crippen LogP contribution in [0.2, 0.25) is 0 Å². The van der Waals surface area contributed by atoms with Crippen molar-refractivity contribution in [3.63, 3.8) is 0 Å². The Morgan fingerprint density at radius 3 is 2.24 bits per heavy atom. The van der Waals surface area contributed by atoms with Gasteiger partial charge in [-0.1, -0.05) is 0 Å². The average molecular weight is 290 g/mol. The second-order valence-electron chi connectivity index (χ2n) is 6.26. The van der Waals surface area contributed by atoms with Crippen LogP contribution in [0.15, 0.2) is 12.1 Å². The lowest BCUT2D eigenvalue weighted by Crippen LogP contribution is -2.43. The molecule has 1 saturated carbocycles. The van der Waals surface area contributed by atoms with Gasteiger partial charge in [-0.3, -0.25) is 4.90 Å². The van der Waals surface area contributed by atoms with Gasteiger partial charge in [0.2, 0.25) is 0 Å². The zero-order valence-corrected chi connectivity index (χ0v) is 13.1. The van der Waals surface area contributed by atoms with E-state index in [4.69, 9.17) is 15.2 Å². The normalized spacial score (nSPS) is 26.2. The van der Waals surface area contributed by atoms with Crippen molar-refractivity contribution < 1.29 is 9.47 Å². The van der Waals surface area contributed by atoms with Crippen LogP contribution in [0.4, 0.5) is 0 Å². The molecule has 1 heterocycles. The molecule has 2 aliphatic rings. The largest absolute Gasteiger partial charge is 0.493 e.